The maximum absolute atomic E-state index is 11.8. The highest BCUT2D eigenvalue weighted by molar-refractivity contribution is 5.80. The number of piperazine rings is 1. The highest BCUT2D eigenvalue weighted by Gasteiger charge is 2.24. The van der Waals surface area contributed by atoms with Gasteiger partial charge in [0.15, 0.2) is 5.96 Å². The number of hydrogen-bond donors (Lipinski definition) is 2. The molecule has 0 aromatic heterocycles. The summed E-state index contributed by atoms with van der Waals surface area (Å²) in [6.07, 6.45) is 0.165. The number of carbonyl (C=O) groups is 2. The van der Waals surface area contributed by atoms with Crippen molar-refractivity contribution in [3.63, 3.8) is 0 Å². The van der Waals surface area contributed by atoms with Crippen molar-refractivity contribution in [1.82, 2.24) is 20.4 Å². The molecule has 0 aliphatic carbocycles. The Kier molecular flexibility index (Phi) is 10.4. The standard InChI is InChI=1S/C18H35N5O4/c1-6-26-17(24)21-15(12-14(3)4)13-20-16(19-5)22-8-10-23(11-9-22)18(25)27-7-2/h14-15H,6-13H2,1-5H3,(H,19,20)(H,21,24). The Morgan fingerprint density at radius 3 is 2.15 bits per heavy atom. The van der Waals surface area contributed by atoms with Gasteiger partial charge in [0.2, 0.25) is 0 Å². The van der Waals surface area contributed by atoms with Gasteiger partial charge in [0.25, 0.3) is 0 Å². The smallest absolute Gasteiger partial charge is 0.409 e. The van der Waals surface area contributed by atoms with Crippen molar-refractivity contribution >= 4 is 18.1 Å². The second-order valence-electron chi connectivity index (χ2n) is 6.79. The van der Waals surface area contributed by atoms with Crippen LogP contribution >= 0.6 is 0 Å². The van der Waals surface area contributed by atoms with Crippen molar-refractivity contribution in [2.45, 2.75) is 40.2 Å². The Labute approximate surface area is 162 Å². The van der Waals surface area contributed by atoms with Crippen LogP contribution in [0.25, 0.3) is 0 Å². The number of nitrogens with zero attached hydrogens (tertiary/aromatic N) is 3. The summed E-state index contributed by atoms with van der Waals surface area (Å²) in [5.41, 5.74) is 0. The van der Waals surface area contributed by atoms with Crippen molar-refractivity contribution in [3.8, 4) is 0 Å². The molecule has 2 amide bonds. The molecule has 1 atom stereocenters. The number of hydrogen-bond acceptors (Lipinski definition) is 5. The Balaban J connectivity index is 2.53. The second-order valence-corrected chi connectivity index (χ2v) is 6.79. The maximum Gasteiger partial charge on any atom is 0.409 e. The van der Waals surface area contributed by atoms with Gasteiger partial charge >= 0.3 is 12.2 Å². The molecular weight excluding hydrogens is 350 g/mol. The van der Waals surface area contributed by atoms with Gasteiger partial charge in [0, 0.05) is 45.8 Å². The number of guanidine groups is 1. The van der Waals surface area contributed by atoms with E-state index >= 15 is 0 Å². The third-order valence-corrected chi connectivity index (χ3v) is 4.18. The van der Waals surface area contributed by atoms with Gasteiger partial charge in [-0.2, -0.15) is 0 Å². The molecule has 1 saturated heterocycles. The fourth-order valence-electron chi connectivity index (χ4n) is 2.96. The van der Waals surface area contributed by atoms with Gasteiger partial charge in [-0.15, -0.1) is 0 Å². The number of aliphatic imine (C=N–C) groups is 1. The van der Waals surface area contributed by atoms with E-state index in [1.807, 2.05) is 0 Å². The van der Waals surface area contributed by atoms with Crippen LogP contribution < -0.4 is 10.6 Å². The molecule has 9 heteroatoms. The van der Waals surface area contributed by atoms with Crippen molar-refractivity contribution in [2.75, 3.05) is 53.0 Å². The van der Waals surface area contributed by atoms with Crippen LogP contribution in [0.3, 0.4) is 0 Å². The molecular formula is C18H35N5O4. The molecule has 156 valence electrons. The predicted octanol–water partition coefficient (Wildman–Crippen LogP) is 1.50. The molecule has 0 spiro atoms. The fourth-order valence-corrected chi connectivity index (χ4v) is 2.96. The van der Waals surface area contributed by atoms with Crippen molar-refractivity contribution in [1.29, 1.82) is 0 Å². The van der Waals surface area contributed by atoms with E-state index in [2.05, 4.69) is 34.4 Å². The molecule has 2 N–H and O–H groups in total. The van der Waals surface area contributed by atoms with E-state index in [1.165, 1.54) is 0 Å². The van der Waals surface area contributed by atoms with Gasteiger partial charge in [0.1, 0.15) is 0 Å². The Morgan fingerprint density at radius 1 is 1.04 bits per heavy atom. The minimum absolute atomic E-state index is 0.0541. The first kappa shape index (κ1) is 22.9. The number of carbonyl (C=O) groups excluding carboxylic acids is 2. The minimum atomic E-state index is -0.400. The summed E-state index contributed by atoms with van der Waals surface area (Å²) in [5, 5.41) is 6.23. The lowest BCUT2D eigenvalue weighted by Crippen LogP contribution is -2.55. The van der Waals surface area contributed by atoms with E-state index in [4.69, 9.17) is 9.47 Å². The molecule has 1 fully saturated rings. The quantitative estimate of drug-likeness (QED) is 0.509. The Bertz CT molecular complexity index is 490. The summed E-state index contributed by atoms with van der Waals surface area (Å²) in [6.45, 7) is 11.6. The van der Waals surface area contributed by atoms with Gasteiger partial charge in [0.05, 0.1) is 13.2 Å². The number of alkyl carbamates (subject to hydrolysis) is 1. The molecule has 1 unspecified atom stereocenters. The predicted molar refractivity (Wildman–Crippen MR) is 105 cm³/mol. The van der Waals surface area contributed by atoms with E-state index in [-0.39, 0.29) is 12.1 Å². The molecule has 1 rings (SSSR count). The number of ether oxygens (including phenoxy) is 2. The normalized spacial score (nSPS) is 16.1. The zero-order chi connectivity index (χ0) is 20.2. The molecule has 9 nitrogen and oxygen atoms in total. The molecule has 0 bridgehead atoms. The number of amides is 2. The van der Waals surface area contributed by atoms with Gasteiger partial charge in [-0.1, -0.05) is 13.8 Å². The number of nitrogens with one attached hydrogen (secondary N) is 2. The Morgan fingerprint density at radius 2 is 1.63 bits per heavy atom. The first-order valence-corrected chi connectivity index (χ1v) is 9.71. The molecule has 1 aliphatic heterocycles. The van der Waals surface area contributed by atoms with E-state index in [9.17, 15) is 9.59 Å². The first-order valence-electron chi connectivity index (χ1n) is 9.71. The minimum Gasteiger partial charge on any atom is -0.450 e. The lowest BCUT2D eigenvalue weighted by atomic mass is 10.0. The lowest BCUT2D eigenvalue weighted by molar-refractivity contribution is 0.0914. The van der Waals surface area contributed by atoms with Crippen LogP contribution in [-0.4, -0.2) is 87.0 Å². The zero-order valence-corrected chi connectivity index (χ0v) is 17.3. The summed E-state index contributed by atoms with van der Waals surface area (Å²) in [4.78, 5) is 31.7. The van der Waals surface area contributed by atoms with Crippen molar-refractivity contribution in [3.05, 3.63) is 0 Å². The molecule has 0 aromatic carbocycles. The van der Waals surface area contributed by atoms with E-state index < -0.39 is 6.09 Å². The van der Waals surface area contributed by atoms with Crippen molar-refractivity contribution in [2.24, 2.45) is 10.9 Å². The van der Waals surface area contributed by atoms with Gasteiger partial charge in [-0.05, 0) is 26.2 Å². The molecule has 0 aromatic rings. The van der Waals surface area contributed by atoms with E-state index in [0.717, 1.165) is 12.4 Å². The second kappa shape index (κ2) is 12.2. The first-order chi connectivity index (χ1) is 12.9. The van der Waals surface area contributed by atoms with Crippen LogP contribution in [0.2, 0.25) is 0 Å². The highest BCUT2D eigenvalue weighted by atomic mass is 16.6. The van der Waals surface area contributed by atoms with Crippen LogP contribution in [-0.2, 0) is 9.47 Å². The molecule has 27 heavy (non-hydrogen) atoms. The Hall–Kier alpha value is -2.19. The summed E-state index contributed by atoms with van der Waals surface area (Å²) in [7, 11) is 1.73. The summed E-state index contributed by atoms with van der Waals surface area (Å²) in [6, 6.07) is -0.0541. The zero-order valence-electron chi connectivity index (χ0n) is 17.3. The van der Waals surface area contributed by atoms with Crippen molar-refractivity contribution < 1.29 is 19.1 Å². The average molecular weight is 386 g/mol. The molecule has 0 radical (unpaired) electrons. The maximum atomic E-state index is 11.8. The van der Waals surface area contributed by atoms with Crippen LogP contribution in [0.5, 0.6) is 0 Å². The molecule has 1 aliphatic rings. The van der Waals surface area contributed by atoms with Gasteiger partial charge < -0.3 is 29.9 Å². The molecule has 0 saturated carbocycles. The lowest BCUT2D eigenvalue weighted by Gasteiger charge is -2.36. The average Bonchev–Trinajstić information content (AvgIpc) is 2.62. The number of rotatable bonds is 7. The van der Waals surface area contributed by atoms with Gasteiger partial charge in [-0.25, -0.2) is 9.59 Å². The SMILES string of the molecule is CCOC(=O)NC(CNC(=NC)N1CCN(C(=O)OCC)CC1)CC(C)C. The van der Waals surface area contributed by atoms with Crippen LogP contribution in [0.4, 0.5) is 9.59 Å². The van der Waals surface area contributed by atoms with Crippen LogP contribution in [0.1, 0.15) is 34.1 Å². The third-order valence-electron chi connectivity index (χ3n) is 4.18. The highest BCUT2D eigenvalue weighted by Crippen LogP contribution is 2.07. The van der Waals surface area contributed by atoms with E-state index in [0.29, 0.717) is 51.9 Å². The largest absolute Gasteiger partial charge is 0.450 e. The van der Waals surface area contributed by atoms with Crippen LogP contribution in [0, 0.1) is 5.92 Å². The third kappa shape index (κ3) is 8.36. The summed E-state index contributed by atoms with van der Waals surface area (Å²) >= 11 is 0. The van der Waals surface area contributed by atoms with E-state index in [1.54, 1.807) is 25.8 Å². The van der Waals surface area contributed by atoms with Gasteiger partial charge in [-0.3, -0.25) is 4.99 Å². The van der Waals surface area contributed by atoms with Crippen LogP contribution in [0.15, 0.2) is 4.99 Å². The summed E-state index contributed by atoms with van der Waals surface area (Å²) < 4.78 is 10.0. The fraction of sp³-hybridized carbons (Fsp3) is 0.833. The monoisotopic (exact) mass is 385 g/mol. The summed E-state index contributed by atoms with van der Waals surface area (Å²) in [5.74, 6) is 1.20. The topological polar surface area (TPSA) is 95.5 Å². The molecule has 1 heterocycles.